The van der Waals surface area contributed by atoms with Crippen LogP contribution < -0.4 is 4.74 Å². The SMILES string of the molecule is COC(=O)C(COc1ccc(F)cc1)c1ccccc1F. The molecule has 2 aromatic carbocycles. The molecule has 2 rings (SSSR count). The van der Waals surface area contributed by atoms with E-state index in [0.29, 0.717) is 5.75 Å². The molecular weight excluding hydrogens is 278 g/mol. The number of carbonyl (C=O) groups is 1. The zero-order chi connectivity index (χ0) is 15.2. The van der Waals surface area contributed by atoms with E-state index >= 15 is 0 Å². The third-order valence-corrected chi connectivity index (χ3v) is 3.00. The predicted octanol–water partition coefficient (Wildman–Crippen LogP) is 3.30. The summed E-state index contributed by atoms with van der Waals surface area (Å²) in [4.78, 5) is 11.8. The lowest BCUT2D eigenvalue weighted by atomic mass is 9.99. The Kier molecular flexibility index (Phi) is 4.87. The van der Waals surface area contributed by atoms with Gasteiger partial charge in [0.25, 0.3) is 0 Å². The summed E-state index contributed by atoms with van der Waals surface area (Å²) in [6.07, 6.45) is 0. The van der Waals surface area contributed by atoms with Gasteiger partial charge in [0.05, 0.1) is 7.11 Å². The van der Waals surface area contributed by atoms with Crippen LogP contribution in [0.4, 0.5) is 8.78 Å². The van der Waals surface area contributed by atoms with Crippen LogP contribution in [0, 0.1) is 11.6 Å². The first kappa shape index (κ1) is 15.0. The van der Waals surface area contributed by atoms with Gasteiger partial charge in [0, 0.05) is 5.56 Å². The topological polar surface area (TPSA) is 35.5 Å². The van der Waals surface area contributed by atoms with Gasteiger partial charge in [-0.05, 0) is 30.3 Å². The number of rotatable bonds is 5. The molecule has 5 heteroatoms. The van der Waals surface area contributed by atoms with Gasteiger partial charge < -0.3 is 9.47 Å². The van der Waals surface area contributed by atoms with Crippen molar-refractivity contribution in [1.82, 2.24) is 0 Å². The van der Waals surface area contributed by atoms with Crippen molar-refractivity contribution in [2.75, 3.05) is 13.7 Å². The van der Waals surface area contributed by atoms with Crippen LogP contribution in [0.15, 0.2) is 48.5 Å². The molecule has 2 aromatic rings. The lowest BCUT2D eigenvalue weighted by Gasteiger charge is -2.16. The monoisotopic (exact) mass is 292 g/mol. The van der Waals surface area contributed by atoms with Gasteiger partial charge in [0.1, 0.15) is 29.9 Å². The van der Waals surface area contributed by atoms with Crippen LogP contribution in [0.5, 0.6) is 5.75 Å². The maximum absolute atomic E-state index is 13.8. The normalized spacial score (nSPS) is 11.8. The van der Waals surface area contributed by atoms with Crippen molar-refractivity contribution >= 4 is 5.97 Å². The average Bonchev–Trinajstić information content (AvgIpc) is 2.50. The Morgan fingerprint density at radius 3 is 2.38 bits per heavy atom. The van der Waals surface area contributed by atoms with E-state index in [0.717, 1.165) is 0 Å². The molecule has 1 unspecified atom stereocenters. The zero-order valence-electron chi connectivity index (χ0n) is 11.4. The van der Waals surface area contributed by atoms with Crippen molar-refractivity contribution in [3.05, 3.63) is 65.7 Å². The number of methoxy groups -OCH3 is 1. The fraction of sp³-hybridized carbons (Fsp3) is 0.188. The fourth-order valence-electron chi connectivity index (χ4n) is 1.90. The summed E-state index contributed by atoms with van der Waals surface area (Å²) in [6.45, 7) is -0.0980. The molecule has 0 aliphatic heterocycles. The van der Waals surface area contributed by atoms with Crippen LogP contribution in [-0.2, 0) is 9.53 Å². The Morgan fingerprint density at radius 2 is 1.76 bits per heavy atom. The lowest BCUT2D eigenvalue weighted by molar-refractivity contribution is -0.143. The highest BCUT2D eigenvalue weighted by molar-refractivity contribution is 5.78. The van der Waals surface area contributed by atoms with Gasteiger partial charge in [-0.3, -0.25) is 4.79 Å². The molecule has 0 heterocycles. The highest BCUT2D eigenvalue weighted by Crippen LogP contribution is 2.22. The number of ether oxygens (including phenoxy) is 2. The Morgan fingerprint density at radius 1 is 1.10 bits per heavy atom. The second-order valence-corrected chi connectivity index (χ2v) is 4.36. The lowest BCUT2D eigenvalue weighted by Crippen LogP contribution is -2.22. The van der Waals surface area contributed by atoms with Gasteiger partial charge in [0.2, 0.25) is 0 Å². The van der Waals surface area contributed by atoms with Gasteiger partial charge in [-0.2, -0.15) is 0 Å². The summed E-state index contributed by atoms with van der Waals surface area (Å²) >= 11 is 0. The van der Waals surface area contributed by atoms with Crippen molar-refractivity contribution in [3.8, 4) is 5.75 Å². The van der Waals surface area contributed by atoms with E-state index in [1.54, 1.807) is 6.07 Å². The summed E-state index contributed by atoms with van der Waals surface area (Å²) in [7, 11) is 1.23. The number of esters is 1. The van der Waals surface area contributed by atoms with E-state index in [1.165, 1.54) is 49.6 Å². The molecule has 0 radical (unpaired) electrons. The van der Waals surface area contributed by atoms with Crippen molar-refractivity contribution in [2.24, 2.45) is 0 Å². The van der Waals surface area contributed by atoms with Crippen LogP contribution in [-0.4, -0.2) is 19.7 Å². The van der Waals surface area contributed by atoms with Crippen LogP contribution in [0.25, 0.3) is 0 Å². The molecule has 0 bridgehead atoms. The fourth-order valence-corrected chi connectivity index (χ4v) is 1.90. The molecule has 21 heavy (non-hydrogen) atoms. The van der Waals surface area contributed by atoms with Crippen LogP contribution in [0.3, 0.4) is 0 Å². The second-order valence-electron chi connectivity index (χ2n) is 4.36. The first-order valence-electron chi connectivity index (χ1n) is 6.32. The van der Waals surface area contributed by atoms with E-state index in [-0.39, 0.29) is 18.0 Å². The van der Waals surface area contributed by atoms with Crippen molar-refractivity contribution in [3.63, 3.8) is 0 Å². The number of benzene rings is 2. The number of carbonyl (C=O) groups excluding carboxylic acids is 1. The largest absolute Gasteiger partial charge is 0.492 e. The maximum atomic E-state index is 13.8. The minimum atomic E-state index is -0.888. The minimum Gasteiger partial charge on any atom is -0.492 e. The molecular formula is C16H14F2O3. The average molecular weight is 292 g/mol. The van der Waals surface area contributed by atoms with Gasteiger partial charge >= 0.3 is 5.97 Å². The quantitative estimate of drug-likeness (QED) is 0.793. The van der Waals surface area contributed by atoms with Crippen LogP contribution >= 0.6 is 0 Å². The van der Waals surface area contributed by atoms with E-state index in [1.807, 2.05) is 0 Å². The molecule has 0 amide bonds. The van der Waals surface area contributed by atoms with E-state index in [4.69, 9.17) is 4.74 Å². The standard InChI is InChI=1S/C16H14F2O3/c1-20-16(19)14(13-4-2-3-5-15(13)18)10-21-12-8-6-11(17)7-9-12/h2-9,14H,10H2,1H3. The Hall–Kier alpha value is -2.43. The third kappa shape index (κ3) is 3.78. The molecule has 0 saturated heterocycles. The number of hydrogen-bond donors (Lipinski definition) is 0. The van der Waals surface area contributed by atoms with E-state index in [2.05, 4.69) is 4.74 Å². The molecule has 0 fully saturated rings. The van der Waals surface area contributed by atoms with Crippen LogP contribution in [0.1, 0.15) is 11.5 Å². The third-order valence-electron chi connectivity index (χ3n) is 3.00. The Balaban J connectivity index is 2.16. The molecule has 0 aromatic heterocycles. The molecule has 0 aliphatic rings. The molecule has 0 spiro atoms. The zero-order valence-corrected chi connectivity index (χ0v) is 11.4. The Labute approximate surface area is 121 Å². The predicted molar refractivity (Wildman–Crippen MR) is 73.1 cm³/mol. The highest BCUT2D eigenvalue weighted by atomic mass is 19.1. The summed E-state index contributed by atoms with van der Waals surface area (Å²) < 4.78 is 36.7. The summed E-state index contributed by atoms with van der Waals surface area (Å²) in [5.74, 6) is -1.98. The highest BCUT2D eigenvalue weighted by Gasteiger charge is 2.25. The van der Waals surface area contributed by atoms with Crippen molar-refractivity contribution in [2.45, 2.75) is 5.92 Å². The van der Waals surface area contributed by atoms with Crippen molar-refractivity contribution in [1.29, 1.82) is 0 Å². The van der Waals surface area contributed by atoms with Crippen molar-refractivity contribution < 1.29 is 23.0 Å². The Bertz CT molecular complexity index is 611. The molecule has 0 saturated carbocycles. The first-order chi connectivity index (χ1) is 10.1. The van der Waals surface area contributed by atoms with Crippen LogP contribution in [0.2, 0.25) is 0 Å². The smallest absolute Gasteiger partial charge is 0.316 e. The molecule has 1 atom stereocenters. The second kappa shape index (κ2) is 6.83. The van der Waals surface area contributed by atoms with Gasteiger partial charge in [-0.1, -0.05) is 18.2 Å². The molecule has 110 valence electrons. The van der Waals surface area contributed by atoms with E-state index < -0.39 is 17.7 Å². The summed E-state index contributed by atoms with van der Waals surface area (Å²) in [6, 6.07) is 11.3. The maximum Gasteiger partial charge on any atom is 0.316 e. The number of hydrogen-bond acceptors (Lipinski definition) is 3. The molecule has 3 nitrogen and oxygen atoms in total. The summed E-state index contributed by atoms with van der Waals surface area (Å²) in [5.41, 5.74) is 0.200. The summed E-state index contributed by atoms with van der Waals surface area (Å²) in [5, 5.41) is 0. The van der Waals surface area contributed by atoms with Gasteiger partial charge in [-0.15, -0.1) is 0 Å². The molecule has 0 N–H and O–H groups in total. The minimum absolute atomic E-state index is 0.0980. The number of halogens is 2. The molecule has 0 aliphatic carbocycles. The van der Waals surface area contributed by atoms with E-state index in [9.17, 15) is 13.6 Å². The van der Waals surface area contributed by atoms with Gasteiger partial charge in [-0.25, -0.2) is 8.78 Å². The van der Waals surface area contributed by atoms with Gasteiger partial charge in [0.15, 0.2) is 0 Å². The first-order valence-corrected chi connectivity index (χ1v) is 6.32.